The second-order valence-corrected chi connectivity index (χ2v) is 5.62. The lowest BCUT2D eigenvalue weighted by Gasteiger charge is -2.05. The predicted octanol–water partition coefficient (Wildman–Crippen LogP) is 3.90. The minimum Gasteiger partial charge on any atom is -0.395 e. The predicted molar refractivity (Wildman–Crippen MR) is 87.2 cm³/mol. The van der Waals surface area contributed by atoms with Crippen LogP contribution >= 0.6 is 0 Å². The molecule has 3 heteroatoms. The van der Waals surface area contributed by atoms with Gasteiger partial charge in [-0.1, -0.05) is 71.1 Å². The van der Waals surface area contributed by atoms with E-state index >= 15 is 0 Å². The number of rotatable bonds is 17. The number of aliphatic hydroxyl groups is 1. The van der Waals surface area contributed by atoms with Gasteiger partial charge in [0.25, 0.3) is 0 Å². The molecule has 2 N–H and O–H groups in total. The van der Waals surface area contributed by atoms with E-state index in [1.54, 1.807) is 0 Å². The minimum atomic E-state index is 0.207. The first-order valence-corrected chi connectivity index (χ1v) is 8.81. The monoisotopic (exact) mass is 287 g/mol. The number of ether oxygens (including phenoxy) is 1. The molecular formula is C17H37NO2. The lowest BCUT2D eigenvalue weighted by molar-refractivity contribution is 0.130. The molecule has 0 rings (SSSR count). The highest BCUT2D eigenvalue weighted by Crippen LogP contribution is 2.11. The summed E-state index contributed by atoms with van der Waals surface area (Å²) in [5, 5.41) is 11.7. The quantitative estimate of drug-likeness (QED) is 0.399. The second kappa shape index (κ2) is 18.9. The molecule has 0 spiro atoms. The SMILES string of the molecule is CCCCCCCCCCCCCOCCNCCO. The Morgan fingerprint density at radius 2 is 1.25 bits per heavy atom. The molecular weight excluding hydrogens is 250 g/mol. The fourth-order valence-electron chi connectivity index (χ4n) is 2.32. The van der Waals surface area contributed by atoms with E-state index in [1.807, 2.05) is 0 Å². The van der Waals surface area contributed by atoms with Gasteiger partial charge in [0.2, 0.25) is 0 Å². The van der Waals surface area contributed by atoms with Crippen molar-refractivity contribution in [3.05, 3.63) is 0 Å². The first kappa shape index (κ1) is 19.9. The van der Waals surface area contributed by atoms with Crippen LogP contribution in [-0.4, -0.2) is 38.0 Å². The van der Waals surface area contributed by atoms with Crippen LogP contribution in [0.5, 0.6) is 0 Å². The van der Waals surface area contributed by atoms with Crippen molar-refractivity contribution in [1.82, 2.24) is 5.32 Å². The zero-order chi connectivity index (χ0) is 14.7. The van der Waals surface area contributed by atoms with Crippen LogP contribution in [0.2, 0.25) is 0 Å². The van der Waals surface area contributed by atoms with Crippen LogP contribution in [-0.2, 0) is 4.74 Å². The molecule has 0 fully saturated rings. The summed E-state index contributed by atoms with van der Waals surface area (Å²) in [7, 11) is 0. The molecule has 0 heterocycles. The maximum absolute atomic E-state index is 8.58. The van der Waals surface area contributed by atoms with Crippen molar-refractivity contribution in [1.29, 1.82) is 0 Å². The Balaban J connectivity index is 2.89. The Labute approximate surface area is 126 Å². The van der Waals surface area contributed by atoms with Crippen LogP contribution in [0.15, 0.2) is 0 Å². The summed E-state index contributed by atoms with van der Waals surface area (Å²) in [5.41, 5.74) is 0. The standard InChI is InChI=1S/C17H37NO2/c1-2-3-4-5-6-7-8-9-10-11-12-16-20-17-14-18-13-15-19/h18-19H,2-17H2,1H3. The molecule has 3 nitrogen and oxygen atoms in total. The van der Waals surface area contributed by atoms with Crippen LogP contribution < -0.4 is 5.32 Å². The first-order valence-electron chi connectivity index (χ1n) is 8.81. The van der Waals surface area contributed by atoms with Crippen molar-refractivity contribution >= 4 is 0 Å². The first-order chi connectivity index (χ1) is 9.91. The van der Waals surface area contributed by atoms with Crippen molar-refractivity contribution in [2.24, 2.45) is 0 Å². The van der Waals surface area contributed by atoms with Gasteiger partial charge in [-0.25, -0.2) is 0 Å². The Hall–Kier alpha value is -0.120. The average molecular weight is 287 g/mol. The molecule has 0 bridgehead atoms. The molecule has 0 atom stereocenters. The van der Waals surface area contributed by atoms with Crippen LogP contribution in [0.3, 0.4) is 0 Å². The van der Waals surface area contributed by atoms with Gasteiger partial charge < -0.3 is 15.2 Å². The lowest BCUT2D eigenvalue weighted by atomic mass is 10.1. The molecule has 0 aromatic heterocycles. The van der Waals surface area contributed by atoms with E-state index in [2.05, 4.69) is 12.2 Å². The number of unbranched alkanes of at least 4 members (excludes halogenated alkanes) is 10. The average Bonchev–Trinajstić information content (AvgIpc) is 2.47. The lowest BCUT2D eigenvalue weighted by Crippen LogP contribution is -2.23. The van der Waals surface area contributed by atoms with Crippen molar-refractivity contribution < 1.29 is 9.84 Å². The number of hydrogen-bond donors (Lipinski definition) is 2. The maximum atomic E-state index is 8.58. The van der Waals surface area contributed by atoms with Gasteiger partial charge in [-0.2, -0.15) is 0 Å². The normalized spacial score (nSPS) is 11.1. The molecule has 122 valence electrons. The van der Waals surface area contributed by atoms with Gasteiger partial charge in [-0.05, 0) is 6.42 Å². The van der Waals surface area contributed by atoms with Crippen LogP contribution in [0.1, 0.15) is 77.6 Å². The van der Waals surface area contributed by atoms with E-state index < -0.39 is 0 Å². The summed E-state index contributed by atoms with van der Waals surface area (Å²) < 4.78 is 5.52. The minimum absolute atomic E-state index is 0.207. The molecule has 20 heavy (non-hydrogen) atoms. The van der Waals surface area contributed by atoms with Gasteiger partial charge in [-0.15, -0.1) is 0 Å². The number of nitrogens with one attached hydrogen (secondary N) is 1. The molecule has 0 saturated heterocycles. The summed E-state index contributed by atoms with van der Waals surface area (Å²) in [4.78, 5) is 0. The molecule has 0 aromatic rings. The molecule has 0 unspecified atom stereocenters. The third kappa shape index (κ3) is 17.9. The molecule has 0 amide bonds. The van der Waals surface area contributed by atoms with E-state index in [-0.39, 0.29) is 6.61 Å². The third-order valence-electron chi connectivity index (χ3n) is 3.60. The zero-order valence-corrected chi connectivity index (χ0v) is 13.7. The van der Waals surface area contributed by atoms with E-state index in [0.717, 1.165) is 19.8 Å². The number of aliphatic hydroxyl groups excluding tert-OH is 1. The van der Waals surface area contributed by atoms with Crippen molar-refractivity contribution in [3.8, 4) is 0 Å². The van der Waals surface area contributed by atoms with Gasteiger partial charge >= 0.3 is 0 Å². The zero-order valence-electron chi connectivity index (χ0n) is 13.7. The van der Waals surface area contributed by atoms with E-state index in [4.69, 9.17) is 9.84 Å². The topological polar surface area (TPSA) is 41.5 Å². The Morgan fingerprint density at radius 3 is 1.80 bits per heavy atom. The highest BCUT2D eigenvalue weighted by Gasteiger charge is 1.93. The Morgan fingerprint density at radius 1 is 0.700 bits per heavy atom. The number of hydrogen-bond acceptors (Lipinski definition) is 3. The summed E-state index contributed by atoms with van der Waals surface area (Å²) >= 11 is 0. The highest BCUT2D eigenvalue weighted by atomic mass is 16.5. The van der Waals surface area contributed by atoms with Gasteiger partial charge in [0.1, 0.15) is 0 Å². The van der Waals surface area contributed by atoms with E-state index in [1.165, 1.54) is 70.6 Å². The Kier molecular flexibility index (Phi) is 18.8. The fourth-order valence-corrected chi connectivity index (χ4v) is 2.32. The van der Waals surface area contributed by atoms with Crippen LogP contribution in [0.25, 0.3) is 0 Å². The summed E-state index contributed by atoms with van der Waals surface area (Å²) in [5.74, 6) is 0. The largest absolute Gasteiger partial charge is 0.395 e. The molecule has 0 aliphatic carbocycles. The van der Waals surface area contributed by atoms with Crippen molar-refractivity contribution in [2.75, 3.05) is 32.9 Å². The van der Waals surface area contributed by atoms with E-state index in [0.29, 0.717) is 6.54 Å². The van der Waals surface area contributed by atoms with Crippen molar-refractivity contribution in [3.63, 3.8) is 0 Å². The molecule has 0 saturated carbocycles. The molecule has 0 radical (unpaired) electrons. The summed E-state index contributed by atoms with van der Waals surface area (Å²) in [6.45, 7) is 5.64. The third-order valence-corrected chi connectivity index (χ3v) is 3.60. The van der Waals surface area contributed by atoms with Gasteiger partial charge in [-0.3, -0.25) is 0 Å². The molecule has 0 aliphatic heterocycles. The van der Waals surface area contributed by atoms with Crippen LogP contribution in [0.4, 0.5) is 0 Å². The summed E-state index contributed by atoms with van der Waals surface area (Å²) in [6.07, 6.45) is 15.2. The fraction of sp³-hybridized carbons (Fsp3) is 1.00. The Bertz CT molecular complexity index is 147. The van der Waals surface area contributed by atoms with Gasteiger partial charge in [0.15, 0.2) is 0 Å². The molecule has 0 aliphatic rings. The maximum Gasteiger partial charge on any atom is 0.0590 e. The second-order valence-electron chi connectivity index (χ2n) is 5.62. The smallest absolute Gasteiger partial charge is 0.0590 e. The van der Waals surface area contributed by atoms with Gasteiger partial charge in [0, 0.05) is 19.7 Å². The summed E-state index contributed by atoms with van der Waals surface area (Å²) in [6, 6.07) is 0. The molecule has 0 aromatic carbocycles. The van der Waals surface area contributed by atoms with E-state index in [9.17, 15) is 0 Å². The van der Waals surface area contributed by atoms with Crippen molar-refractivity contribution in [2.45, 2.75) is 77.6 Å². The van der Waals surface area contributed by atoms with Gasteiger partial charge in [0.05, 0.1) is 13.2 Å². The van der Waals surface area contributed by atoms with Crippen LogP contribution in [0, 0.1) is 0 Å². The highest BCUT2D eigenvalue weighted by molar-refractivity contribution is 4.48.